The molecule has 0 bridgehead atoms. The molecule has 0 spiro atoms. The maximum absolute atomic E-state index is 12.1. The number of nitrogens with two attached hydrogens (primary N) is 1. The van der Waals surface area contributed by atoms with Gasteiger partial charge in [-0.2, -0.15) is 0 Å². The van der Waals surface area contributed by atoms with Crippen LogP contribution in [-0.2, 0) is 14.8 Å². The molecule has 2 N–H and O–H groups in total. The Morgan fingerprint density at radius 1 is 1.44 bits per heavy atom. The number of rotatable bonds is 7. The molecule has 0 radical (unpaired) electrons. The first-order chi connectivity index (χ1) is 8.33. The Labute approximate surface area is 111 Å². The van der Waals surface area contributed by atoms with E-state index in [1.807, 2.05) is 13.8 Å². The summed E-state index contributed by atoms with van der Waals surface area (Å²) in [5.41, 5.74) is 5.93. The topological polar surface area (TPSA) is 72.6 Å². The smallest absolute Gasteiger partial charge is 0.216 e. The minimum atomic E-state index is -3.21. The molecule has 0 aromatic heterocycles. The van der Waals surface area contributed by atoms with Gasteiger partial charge in [-0.3, -0.25) is 0 Å². The van der Waals surface area contributed by atoms with Crippen LogP contribution in [0.25, 0.3) is 0 Å². The largest absolute Gasteiger partial charge is 0.377 e. The van der Waals surface area contributed by atoms with E-state index in [0.29, 0.717) is 25.5 Å². The van der Waals surface area contributed by atoms with E-state index in [1.54, 1.807) is 7.05 Å². The van der Waals surface area contributed by atoms with Crippen LogP contribution in [0.4, 0.5) is 0 Å². The van der Waals surface area contributed by atoms with E-state index in [-0.39, 0.29) is 17.9 Å². The lowest BCUT2D eigenvalue weighted by molar-refractivity contribution is 0.126. The van der Waals surface area contributed by atoms with Crippen molar-refractivity contribution in [2.45, 2.75) is 45.3 Å². The lowest BCUT2D eigenvalue weighted by Gasteiger charge is -2.22. The number of hydrogen-bond acceptors (Lipinski definition) is 4. The Morgan fingerprint density at radius 3 is 2.61 bits per heavy atom. The number of nitrogens with zero attached hydrogens (tertiary/aromatic N) is 1. The fourth-order valence-electron chi connectivity index (χ4n) is 1.94. The lowest BCUT2D eigenvalue weighted by atomic mass is 10.0. The van der Waals surface area contributed by atoms with Gasteiger partial charge in [-0.15, -0.1) is 0 Å². The molecule has 0 aliphatic carbocycles. The summed E-state index contributed by atoms with van der Waals surface area (Å²) in [6.07, 6.45) is 2.37. The first kappa shape index (κ1) is 15.9. The molecule has 2 unspecified atom stereocenters. The Morgan fingerprint density at radius 2 is 2.11 bits per heavy atom. The third-order valence-corrected chi connectivity index (χ3v) is 5.45. The van der Waals surface area contributed by atoms with Crippen LogP contribution in [-0.4, -0.2) is 50.8 Å². The highest BCUT2D eigenvalue weighted by Gasteiger charge is 2.26. The van der Waals surface area contributed by atoms with Gasteiger partial charge in [0.2, 0.25) is 10.0 Å². The normalized spacial score (nSPS) is 22.9. The molecule has 18 heavy (non-hydrogen) atoms. The monoisotopic (exact) mass is 278 g/mol. The standard InChI is InChI=1S/C12H26N2O3S/c1-10(2)12(13)6-7-14(3)18(15,16)9-11-5-4-8-17-11/h10-12H,4-9,13H2,1-3H3. The van der Waals surface area contributed by atoms with E-state index in [0.717, 1.165) is 12.8 Å². The van der Waals surface area contributed by atoms with E-state index in [1.165, 1.54) is 4.31 Å². The molecule has 0 aromatic rings. The van der Waals surface area contributed by atoms with E-state index in [9.17, 15) is 8.42 Å². The van der Waals surface area contributed by atoms with Crippen molar-refractivity contribution >= 4 is 10.0 Å². The van der Waals surface area contributed by atoms with Crippen LogP contribution in [0.2, 0.25) is 0 Å². The van der Waals surface area contributed by atoms with Gasteiger partial charge >= 0.3 is 0 Å². The fourth-order valence-corrected chi connectivity index (χ4v) is 3.31. The summed E-state index contributed by atoms with van der Waals surface area (Å²) in [5.74, 6) is 0.472. The zero-order chi connectivity index (χ0) is 13.8. The Bertz CT molecular complexity index is 337. The van der Waals surface area contributed by atoms with Crippen LogP contribution < -0.4 is 5.73 Å². The molecule has 1 saturated heterocycles. The summed E-state index contributed by atoms with van der Waals surface area (Å²) in [5, 5.41) is 0. The van der Waals surface area contributed by atoms with Crippen LogP contribution >= 0.6 is 0 Å². The minimum Gasteiger partial charge on any atom is -0.377 e. The molecule has 5 nitrogen and oxygen atoms in total. The van der Waals surface area contributed by atoms with Crippen molar-refractivity contribution < 1.29 is 13.2 Å². The van der Waals surface area contributed by atoms with Gasteiger partial charge in [0.15, 0.2) is 0 Å². The van der Waals surface area contributed by atoms with Crippen molar-refractivity contribution in [3.05, 3.63) is 0 Å². The van der Waals surface area contributed by atoms with E-state index >= 15 is 0 Å². The van der Waals surface area contributed by atoms with Crippen LogP contribution in [0.15, 0.2) is 0 Å². The van der Waals surface area contributed by atoms with Crippen molar-refractivity contribution in [2.75, 3.05) is 26.0 Å². The molecule has 6 heteroatoms. The van der Waals surface area contributed by atoms with Crippen molar-refractivity contribution in [3.63, 3.8) is 0 Å². The predicted octanol–water partition coefficient (Wildman–Crippen LogP) is 0.800. The second-order valence-electron chi connectivity index (χ2n) is 5.43. The highest BCUT2D eigenvalue weighted by atomic mass is 32.2. The van der Waals surface area contributed by atoms with Crippen molar-refractivity contribution in [3.8, 4) is 0 Å². The van der Waals surface area contributed by atoms with Gasteiger partial charge in [0.25, 0.3) is 0 Å². The summed E-state index contributed by atoms with van der Waals surface area (Å²) >= 11 is 0. The molecule has 1 heterocycles. The average Bonchev–Trinajstić information content (AvgIpc) is 2.76. The summed E-state index contributed by atoms with van der Waals surface area (Å²) in [6, 6.07) is 0.0466. The average molecular weight is 278 g/mol. The molecule has 1 aliphatic rings. The molecular weight excluding hydrogens is 252 g/mol. The molecule has 0 saturated carbocycles. The molecular formula is C12H26N2O3S. The third-order valence-electron chi connectivity index (χ3n) is 3.53. The van der Waals surface area contributed by atoms with Gasteiger partial charge in [0.05, 0.1) is 11.9 Å². The Balaban J connectivity index is 2.41. The van der Waals surface area contributed by atoms with Crippen LogP contribution in [0.5, 0.6) is 0 Å². The van der Waals surface area contributed by atoms with Crippen LogP contribution in [0, 0.1) is 5.92 Å². The van der Waals surface area contributed by atoms with Crippen molar-refractivity contribution in [1.82, 2.24) is 4.31 Å². The summed E-state index contributed by atoms with van der Waals surface area (Å²) in [7, 11) is -1.59. The van der Waals surface area contributed by atoms with Crippen LogP contribution in [0.1, 0.15) is 33.1 Å². The maximum atomic E-state index is 12.1. The summed E-state index contributed by atoms with van der Waals surface area (Å²) < 4.78 is 30.9. The van der Waals surface area contributed by atoms with Crippen molar-refractivity contribution in [2.24, 2.45) is 11.7 Å². The van der Waals surface area contributed by atoms with Gasteiger partial charge in [0.1, 0.15) is 0 Å². The first-order valence-corrected chi connectivity index (χ1v) is 8.25. The van der Waals surface area contributed by atoms with Crippen molar-refractivity contribution in [1.29, 1.82) is 0 Å². The third kappa shape index (κ3) is 4.84. The van der Waals surface area contributed by atoms with Gasteiger partial charge < -0.3 is 10.5 Å². The number of ether oxygens (including phenoxy) is 1. The SMILES string of the molecule is CC(C)C(N)CCN(C)S(=O)(=O)CC1CCCO1. The van der Waals surface area contributed by atoms with Gasteiger partial charge in [-0.05, 0) is 25.2 Å². The molecule has 1 aliphatic heterocycles. The fraction of sp³-hybridized carbons (Fsp3) is 1.00. The zero-order valence-corrected chi connectivity index (χ0v) is 12.4. The van der Waals surface area contributed by atoms with E-state index < -0.39 is 10.0 Å². The van der Waals surface area contributed by atoms with E-state index in [4.69, 9.17) is 10.5 Å². The molecule has 2 atom stereocenters. The van der Waals surface area contributed by atoms with E-state index in [2.05, 4.69) is 0 Å². The quantitative estimate of drug-likeness (QED) is 0.747. The predicted molar refractivity (Wildman–Crippen MR) is 72.8 cm³/mol. The highest BCUT2D eigenvalue weighted by molar-refractivity contribution is 7.89. The highest BCUT2D eigenvalue weighted by Crippen LogP contribution is 2.16. The van der Waals surface area contributed by atoms with Crippen LogP contribution in [0.3, 0.4) is 0 Å². The molecule has 0 aromatic carbocycles. The zero-order valence-electron chi connectivity index (χ0n) is 11.6. The van der Waals surface area contributed by atoms with Gasteiger partial charge in [-0.25, -0.2) is 12.7 Å². The van der Waals surface area contributed by atoms with Gasteiger partial charge in [-0.1, -0.05) is 13.8 Å². The second kappa shape index (κ2) is 6.84. The molecule has 108 valence electrons. The van der Waals surface area contributed by atoms with Gasteiger partial charge in [0, 0.05) is 26.2 Å². The minimum absolute atomic E-state index is 0.0466. The number of sulfonamides is 1. The molecule has 1 rings (SSSR count). The Kier molecular flexibility index (Phi) is 6.04. The second-order valence-corrected chi connectivity index (χ2v) is 7.55. The summed E-state index contributed by atoms with van der Waals surface area (Å²) in [6.45, 7) is 5.26. The maximum Gasteiger partial charge on any atom is 0.216 e. The molecule has 1 fully saturated rings. The number of hydrogen-bond donors (Lipinski definition) is 1. The first-order valence-electron chi connectivity index (χ1n) is 6.64. The Hall–Kier alpha value is -0.170. The summed E-state index contributed by atoms with van der Waals surface area (Å²) in [4.78, 5) is 0. The lowest BCUT2D eigenvalue weighted by Crippen LogP contribution is -2.37. The molecule has 0 amide bonds.